The largest absolute Gasteiger partial charge is 0.494 e. The summed E-state index contributed by atoms with van der Waals surface area (Å²) >= 11 is 0. The lowest BCUT2D eigenvalue weighted by molar-refractivity contribution is -0.130. The van der Waals surface area contributed by atoms with Gasteiger partial charge in [0.25, 0.3) is 5.91 Å². The Hall–Kier alpha value is -3.86. The Morgan fingerprint density at radius 1 is 0.862 bits per heavy atom. The van der Waals surface area contributed by atoms with Gasteiger partial charge in [0.2, 0.25) is 5.91 Å². The molecule has 8 nitrogen and oxygen atoms in total. The predicted molar refractivity (Wildman–Crippen MR) is 104 cm³/mol. The van der Waals surface area contributed by atoms with Crippen LogP contribution in [0.25, 0.3) is 0 Å². The van der Waals surface area contributed by atoms with Crippen LogP contribution in [0.5, 0.6) is 11.5 Å². The number of ether oxygens (including phenoxy) is 2. The molecule has 29 heavy (non-hydrogen) atoms. The number of nitriles is 1. The number of carbonyl (C=O) groups excluding carboxylic acids is 3. The maximum absolute atomic E-state index is 12.1. The summed E-state index contributed by atoms with van der Waals surface area (Å²) < 4.78 is 10.6. The first-order valence-electron chi connectivity index (χ1n) is 8.98. The van der Waals surface area contributed by atoms with Crippen LogP contribution in [0.1, 0.15) is 35.7 Å². The van der Waals surface area contributed by atoms with Crippen molar-refractivity contribution < 1.29 is 23.9 Å². The molecule has 2 aromatic carbocycles. The Labute approximate surface area is 168 Å². The monoisotopic (exact) mass is 395 g/mol. The van der Waals surface area contributed by atoms with Crippen LogP contribution in [0, 0.1) is 11.3 Å². The Balaban J connectivity index is 1.67. The van der Waals surface area contributed by atoms with E-state index in [0.29, 0.717) is 29.2 Å². The molecular formula is C21H21N3O5. The van der Waals surface area contributed by atoms with Crippen LogP contribution in [0.3, 0.4) is 0 Å². The van der Waals surface area contributed by atoms with Crippen LogP contribution in [0.2, 0.25) is 0 Å². The highest BCUT2D eigenvalue weighted by molar-refractivity contribution is 5.98. The summed E-state index contributed by atoms with van der Waals surface area (Å²) in [6.45, 7) is 2.10. The van der Waals surface area contributed by atoms with Gasteiger partial charge in [-0.25, -0.2) is 0 Å². The Bertz CT molecular complexity index is 886. The van der Waals surface area contributed by atoms with Crippen LogP contribution < -0.4 is 20.3 Å². The third-order valence-electron chi connectivity index (χ3n) is 3.76. The van der Waals surface area contributed by atoms with Crippen molar-refractivity contribution in [2.24, 2.45) is 0 Å². The zero-order valence-electron chi connectivity index (χ0n) is 15.9. The molecule has 0 fully saturated rings. The number of benzene rings is 2. The van der Waals surface area contributed by atoms with Gasteiger partial charge in [0.05, 0.1) is 18.2 Å². The van der Waals surface area contributed by atoms with E-state index in [1.807, 2.05) is 13.0 Å². The number of nitrogens with zero attached hydrogens (tertiary/aromatic N) is 1. The van der Waals surface area contributed by atoms with Crippen molar-refractivity contribution in [3.63, 3.8) is 0 Å². The van der Waals surface area contributed by atoms with E-state index >= 15 is 0 Å². The molecule has 150 valence electrons. The Morgan fingerprint density at radius 3 is 2.07 bits per heavy atom. The quantitative estimate of drug-likeness (QED) is 0.496. The van der Waals surface area contributed by atoms with Crippen molar-refractivity contribution in [2.75, 3.05) is 13.2 Å². The van der Waals surface area contributed by atoms with Crippen molar-refractivity contribution in [1.82, 2.24) is 10.9 Å². The lowest BCUT2D eigenvalue weighted by Gasteiger charge is -2.09. The Kier molecular flexibility index (Phi) is 8.20. The van der Waals surface area contributed by atoms with Gasteiger partial charge >= 0.3 is 0 Å². The second kappa shape index (κ2) is 11.1. The van der Waals surface area contributed by atoms with Crippen LogP contribution in [-0.2, 0) is 9.59 Å². The van der Waals surface area contributed by atoms with E-state index in [1.54, 1.807) is 48.5 Å². The van der Waals surface area contributed by atoms with Crippen LogP contribution >= 0.6 is 0 Å². The summed E-state index contributed by atoms with van der Waals surface area (Å²) in [5, 5.41) is 8.72. The van der Waals surface area contributed by atoms with Gasteiger partial charge in [0.1, 0.15) is 11.5 Å². The number of carbonyl (C=O) groups is 3. The number of hydrazine groups is 1. The highest BCUT2D eigenvalue weighted by atomic mass is 16.5. The van der Waals surface area contributed by atoms with Crippen molar-refractivity contribution in [2.45, 2.75) is 19.8 Å². The molecule has 0 aromatic heterocycles. The van der Waals surface area contributed by atoms with E-state index in [0.717, 1.165) is 0 Å². The molecule has 0 saturated carbocycles. The van der Waals surface area contributed by atoms with Gasteiger partial charge in [-0.15, -0.1) is 0 Å². The maximum Gasteiger partial charge on any atom is 0.276 e. The molecule has 2 N–H and O–H groups in total. The van der Waals surface area contributed by atoms with E-state index < -0.39 is 11.8 Å². The summed E-state index contributed by atoms with van der Waals surface area (Å²) in [7, 11) is 0. The lowest BCUT2D eigenvalue weighted by Crippen LogP contribution is -2.43. The third kappa shape index (κ3) is 7.34. The minimum Gasteiger partial charge on any atom is -0.494 e. The molecule has 0 atom stereocenters. The summed E-state index contributed by atoms with van der Waals surface area (Å²) in [5.41, 5.74) is 5.42. The molecule has 0 aliphatic rings. The summed E-state index contributed by atoms with van der Waals surface area (Å²) in [4.78, 5) is 35.6. The fourth-order valence-corrected chi connectivity index (χ4v) is 2.29. The molecule has 0 unspecified atom stereocenters. The van der Waals surface area contributed by atoms with Gasteiger partial charge in [-0.05, 0) is 55.5 Å². The molecule has 0 heterocycles. The fraction of sp³-hybridized carbons (Fsp3) is 0.238. The summed E-state index contributed by atoms with van der Waals surface area (Å²) in [6.07, 6.45) is -0.0553. The SMILES string of the molecule is CCOc1ccc(C(=O)CCC(=O)NNC(=O)COc2ccc(C#N)cc2)cc1. The van der Waals surface area contributed by atoms with Gasteiger partial charge in [0, 0.05) is 18.4 Å². The first kappa shape index (κ1) is 21.4. The minimum absolute atomic E-state index is 0.0113. The van der Waals surface area contributed by atoms with Gasteiger partial charge in [-0.3, -0.25) is 25.2 Å². The predicted octanol–water partition coefficient (Wildman–Crippen LogP) is 2.15. The zero-order valence-corrected chi connectivity index (χ0v) is 15.9. The first-order valence-corrected chi connectivity index (χ1v) is 8.98. The fourth-order valence-electron chi connectivity index (χ4n) is 2.29. The smallest absolute Gasteiger partial charge is 0.276 e. The van der Waals surface area contributed by atoms with Gasteiger partial charge in [-0.2, -0.15) is 5.26 Å². The average molecular weight is 395 g/mol. The number of Topliss-reactive ketones (excluding diaryl/α,β-unsaturated/α-hetero) is 1. The number of amides is 2. The molecular weight excluding hydrogens is 374 g/mol. The number of hydrogen-bond acceptors (Lipinski definition) is 6. The van der Waals surface area contributed by atoms with Crippen molar-refractivity contribution in [1.29, 1.82) is 5.26 Å². The van der Waals surface area contributed by atoms with E-state index in [1.165, 1.54) is 0 Å². The number of ketones is 1. The standard InChI is InChI=1S/C21H21N3O5/c1-2-28-17-9-5-16(6-10-17)19(25)11-12-20(26)23-24-21(27)14-29-18-7-3-15(13-22)4-8-18/h3-10H,2,11-12,14H2,1H3,(H,23,26)(H,24,27). The molecule has 2 amide bonds. The van der Waals surface area contributed by atoms with E-state index in [9.17, 15) is 14.4 Å². The molecule has 2 rings (SSSR count). The maximum atomic E-state index is 12.1. The summed E-state index contributed by atoms with van der Waals surface area (Å²) in [5.74, 6) is -0.130. The topological polar surface area (TPSA) is 118 Å². The molecule has 0 saturated heterocycles. The van der Waals surface area contributed by atoms with Crippen LogP contribution in [0.4, 0.5) is 0 Å². The number of rotatable bonds is 9. The average Bonchev–Trinajstić information content (AvgIpc) is 2.75. The molecule has 8 heteroatoms. The Morgan fingerprint density at radius 2 is 1.45 bits per heavy atom. The normalized spacial score (nSPS) is 9.79. The van der Waals surface area contributed by atoms with E-state index in [-0.39, 0.29) is 25.2 Å². The molecule has 0 radical (unpaired) electrons. The van der Waals surface area contributed by atoms with Crippen molar-refractivity contribution in [3.8, 4) is 17.6 Å². The first-order chi connectivity index (χ1) is 14.0. The molecule has 0 aliphatic heterocycles. The second-order valence-corrected chi connectivity index (χ2v) is 5.90. The van der Waals surface area contributed by atoms with Crippen LogP contribution in [-0.4, -0.2) is 30.8 Å². The van der Waals surface area contributed by atoms with Crippen molar-refractivity contribution in [3.05, 3.63) is 59.7 Å². The molecule has 2 aromatic rings. The van der Waals surface area contributed by atoms with Gasteiger partial charge in [-0.1, -0.05) is 0 Å². The zero-order chi connectivity index (χ0) is 21.1. The molecule has 0 bridgehead atoms. The van der Waals surface area contributed by atoms with Gasteiger partial charge < -0.3 is 9.47 Å². The summed E-state index contributed by atoms with van der Waals surface area (Å²) in [6, 6.07) is 14.9. The second-order valence-electron chi connectivity index (χ2n) is 5.90. The number of hydrogen-bond donors (Lipinski definition) is 2. The van der Waals surface area contributed by atoms with E-state index in [2.05, 4.69) is 10.9 Å². The third-order valence-corrected chi connectivity index (χ3v) is 3.76. The van der Waals surface area contributed by atoms with Crippen molar-refractivity contribution >= 4 is 17.6 Å². The lowest BCUT2D eigenvalue weighted by atomic mass is 10.1. The van der Waals surface area contributed by atoms with E-state index in [4.69, 9.17) is 14.7 Å². The van der Waals surface area contributed by atoms with Gasteiger partial charge in [0.15, 0.2) is 12.4 Å². The minimum atomic E-state index is -0.555. The van der Waals surface area contributed by atoms with Crippen LogP contribution in [0.15, 0.2) is 48.5 Å². The highest BCUT2D eigenvalue weighted by Gasteiger charge is 2.11. The highest BCUT2D eigenvalue weighted by Crippen LogP contribution is 2.14. The molecule has 0 spiro atoms. The number of nitrogens with one attached hydrogen (secondary N) is 2. The molecule has 0 aliphatic carbocycles.